The molecule has 5 nitrogen and oxygen atoms in total. The molecule has 0 unspecified atom stereocenters. The first-order valence-corrected chi connectivity index (χ1v) is 9.89. The van der Waals surface area contributed by atoms with Gasteiger partial charge in [-0.2, -0.15) is 0 Å². The van der Waals surface area contributed by atoms with Crippen LogP contribution in [0.3, 0.4) is 0 Å². The van der Waals surface area contributed by atoms with Crippen molar-refractivity contribution >= 4 is 17.5 Å². The summed E-state index contributed by atoms with van der Waals surface area (Å²) in [4.78, 5) is 29.2. The molecule has 2 amide bonds. The highest BCUT2D eigenvalue weighted by Gasteiger charge is 2.53. The van der Waals surface area contributed by atoms with Crippen LogP contribution in [-0.2, 0) is 16.0 Å². The average molecular weight is 378 g/mol. The molecule has 0 aliphatic carbocycles. The Balaban J connectivity index is 1.27. The maximum Gasteiger partial charge on any atom is 0.235 e. The number of aryl methyl sites for hydroxylation is 1. The van der Waals surface area contributed by atoms with Gasteiger partial charge in [-0.05, 0) is 49.1 Å². The summed E-state index contributed by atoms with van der Waals surface area (Å²) in [6, 6.07) is 17.7. The SMILES string of the molecule is COc1ccc(CCC(=O)N2CCC3(CC2)CN(c2ccccc2)C3=O)cc1. The van der Waals surface area contributed by atoms with E-state index in [2.05, 4.69) is 0 Å². The first kappa shape index (κ1) is 18.5. The number of benzene rings is 2. The van der Waals surface area contributed by atoms with Crippen molar-refractivity contribution in [2.75, 3.05) is 31.6 Å². The number of carbonyl (C=O) groups excluding carboxylic acids is 2. The first-order valence-electron chi connectivity index (χ1n) is 9.89. The monoisotopic (exact) mass is 378 g/mol. The fraction of sp³-hybridized carbons (Fsp3) is 0.391. The van der Waals surface area contributed by atoms with E-state index in [0.717, 1.165) is 42.8 Å². The Morgan fingerprint density at radius 3 is 2.32 bits per heavy atom. The number of carbonyl (C=O) groups is 2. The van der Waals surface area contributed by atoms with Gasteiger partial charge in [0.15, 0.2) is 0 Å². The third kappa shape index (κ3) is 3.49. The van der Waals surface area contributed by atoms with Crippen LogP contribution >= 0.6 is 0 Å². The lowest BCUT2D eigenvalue weighted by atomic mass is 9.70. The number of para-hydroxylation sites is 1. The average Bonchev–Trinajstić information content (AvgIpc) is 2.77. The Hall–Kier alpha value is -2.82. The minimum Gasteiger partial charge on any atom is -0.497 e. The molecule has 0 atom stereocenters. The smallest absolute Gasteiger partial charge is 0.235 e. The highest BCUT2D eigenvalue weighted by molar-refractivity contribution is 6.04. The molecule has 0 aromatic heterocycles. The largest absolute Gasteiger partial charge is 0.497 e. The number of methoxy groups -OCH3 is 1. The van der Waals surface area contributed by atoms with Gasteiger partial charge in [0.2, 0.25) is 11.8 Å². The number of β-lactam (4-membered cyclic amide) rings is 1. The number of rotatable bonds is 5. The molecule has 2 aromatic rings. The number of nitrogens with zero attached hydrogens (tertiary/aromatic N) is 2. The maximum atomic E-state index is 12.8. The second-order valence-corrected chi connectivity index (χ2v) is 7.74. The van der Waals surface area contributed by atoms with Crippen molar-refractivity contribution in [1.82, 2.24) is 4.90 Å². The van der Waals surface area contributed by atoms with Gasteiger partial charge < -0.3 is 14.5 Å². The number of hydrogen-bond acceptors (Lipinski definition) is 3. The van der Waals surface area contributed by atoms with Crippen LogP contribution in [0.1, 0.15) is 24.8 Å². The van der Waals surface area contributed by atoms with Gasteiger partial charge in [0.05, 0.1) is 12.5 Å². The standard InChI is InChI=1S/C23H26N2O3/c1-28-20-10-7-18(8-11-20)9-12-21(26)24-15-13-23(14-16-24)17-25(22(23)27)19-5-3-2-4-6-19/h2-8,10-11H,9,12-17H2,1H3. The molecule has 5 heteroatoms. The van der Waals surface area contributed by atoms with Crippen LogP contribution in [0, 0.1) is 5.41 Å². The number of piperidine rings is 1. The number of ether oxygens (including phenoxy) is 1. The lowest BCUT2D eigenvalue weighted by Gasteiger charge is -2.52. The summed E-state index contributed by atoms with van der Waals surface area (Å²) in [6.45, 7) is 2.12. The summed E-state index contributed by atoms with van der Waals surface area (Å²) in [6.07, 6.45) is 2.77. The molecular formula is C23H26N2O3. The van der Waals surface area contributed by atoms with Gasteiger partial charge in [0.25, 0.3) is 0 Å². The Morgan fingerprint density at radius 1 is 1.04 bits per heavy atom. The van der Waals surface area contributed by atoms with Crippen LogP contribution in [0.25, 0.3) is 0 Å². The molecule has 0 bridgehead atoms. The van der Waals surface area contributed by atoms with E-state index in [1.807, 2.05) is 64.4 Å². The minimum atomic E-state index is -0.261. The molecule has 146 valence electrons. The van der Waals surface area contributed by atoms with Gasteiger partial charge in [0, 0.05) is 31.7 Å². The highest BCUT2D eigenvalue weighted by atomic mass is 16.5. The van der Waals surface area contributed by atoms with E-state index in [4.69, 9.17) is 4.74 Å². The van der Waals surface area contributed by atoms with E-state index in [0.29, 0.717) is 19.5 Å². The second-order valence-electron chi connectivity index (χ2n) is 7.74. The van der Waals surface area contributed by atoms with E-state index in [1.165, 1.54) is 0 Å². The summed E-state index contributed by atoms with van der Waals surface area (Å²) in [5.41, 5.74) is 1.84. The van der Waals surface area contributed by atoms with E-state index in [9.17, 15) is 9.59 Å². The molecule has 2 fully saturated rings. The molecule has 2 heterocycles. The first-order chi connectivity index (χ1) is 13.6. The molecule has 2 aliphatic heterocycles. The van der Waals surface area contributed by atoms with Gasteiger partial charge in [-0.3, -0.25) is 9.59 Å². The number of hydrogen-bond donors (Lipinski definition) is 0. The Bertz CT molecular complexity index is 840. The van der Waals surface area contributed by atoms with E-state index in [1.54, 1.807) is 7.11 Å². The Labute approximate surface area is 165 Å². The van der Waals surface area contributed by atoms with Crippen LogP contribution in [0.2, 0.25) is 0 Å². The number of amides is 2. The van der Waals surface area contributed by atoms with Crippen molar-refractivity contribution in [2.24, 2.45) is 5.41 Å². The third-order valence-electron chi connectivity index (χ3n) is 6.09. The fourth-order valence-corrected chi connectivity index (χ4v) is 4.21. The predicted molar refractivity (Wildman–Crippen MR) is 108 cm³/mol. The number of anilines is 1. The molecule has 0 saturated carbocycles. The van der Waals surface area contributed by atoms with E-state index >= 15 is 0 Å². The zero-order valence-corrected chi connectivity index (χ0v) is 16.3. The molecule has 2 aromatic carbocycles. The molecular weight excluding hydrogens is 352 g/mol. The maximum absolute atomic E-state index is 12.8. The zero-order valence-electron chi connectivity index (χ0n) is 16.3. The third-order valence-corrected chi connectivity index (χ3v) is 6.09. The van der Waals surface area contributed by atoms with Crippen molar-refractivity contribution in [3.8, 4) is 5.75 Å². The second kappa shape index (κ2) is 7.66. The van der Waals surface area contributed by atoms with Crippen LogP contribution in [-0.4, -0.2) is 43.5 Å². The molecule has 2 saturated heterocycles. The number of likely N-dealkylation sites (tertiary alicyclic amines) is 1. The van der Waals surface area contributed by atoms with Gasteiger partial charge >= 0.3 is 0 Å². The van der Waals surface area contributed by atoms with Crippen LogP contribution in [0.15, 0.2) is 54.6 Å². The van der Waals surface area contributed by atoms with Gasteiger partial charge in [-0.1, -0.05) is 30.3 Å². The summed E-state index contributed by atoms with van der Waals surface area (Å²) >= 11 is 0. The lowest BCUT2D eigenvalue weighted by Crippen LogP contribution is -2.65. The molecule has 2 aliphatic rings. The van der Waals surface area contributed by atoms with Crippen molar-refractivity contribution in [3.05, 3.63) is 60.2 Å². The Morgan fingerprint density at radius 2 is 1.71 bits per heavy atom. The van der Waals surface area contributed by atoms with Crippen molar-refractivity contribution < 1.29 is 14.3 Å². The van der Waals surface area contributed by atoms with E-state index in [-0.39, 0.29) is 17.2 Å². The van der Waals surface area contributed by atoms with Crippen LogP contribution < -0.4 is 9.64 Å². The fourth-order valence-electron chi connectivity index (χ4n) is 4.21. The summed E-state index contributed by atoms with van der Waals surface area (Å²) in [5.74, 6) is 1.22. The molecule has 1 spiro atoms. The van der Waals surface area contributed by atoms with Gasteiger partial charge in [-0.15, -0.1) is 0 Å². The zero-order chi connectivity index (χ0) is 19.6. The minimum absolute atomic E-state index is 0.178. The quantitative estimate of drug-likeness (QED) is 0.750. The van der Waals surface area contributed by atoms with Crippen molar-refractivity contribution in [1.29, 1.82) is 0 Å². The summed E-state index contributed by atoms with van der Waals surface area (Å²) in [5, 5.41) is 0. The van der Waals surface area contributed by atoms with Gasteiger partial charge in [0.1, 0.15) is 5.75 Å². The molecule has 4 rings (SSSR count). The van der Waals surface area contributed by atoms with Gasteiger partial charge in [-0.25, -0.2) is 0 Å². The van der Waals surface area contributed by atoms with Crippen molar-refractivity contribution in [3.63, 3.8) is 0 Å². The predicted octanol–water partition coefficient (Wildman–Crippen LogP) is 3.28. The highest BCUT2D eigenvalue weighted by Crippen LogP contribution is 2.43. The summed E-state index contributed by atoms with van der Waals surface area (Å²) in [7, 11) is 1.65. The van der Waals surface area contributed by atoms with E-state index < -0.39 is 0 Å². The van der Waals surface area contributed by atoms with Crippen molar-refractivity contribution in [2.45, 2.75) is 25.7 Å². The molecule has 0 radical (unpaired) electrons. The molecule has 28 heavy (non-hydrogen) atoms. The Kier molecular flexibility index (Phi) is 5.07. The topological polar surface area (TPSA) is 49.9 Å². The van der Waals surface area contributed by atoms with Crippen LogP contribution in [0.5, 0.6) is 5.75 Å². The lowest BCUT2D eigenvalue weighted by molar-refractivity contribution is -0.144. The normalized spacial score (nSPS) is 18.1. The summed E-state index contributed by atoms with van der Waals surface area (Å²) < 4.78 is 5.16. The molecule has 0 N–H and O–H groups in total. The van der Waals surface area contributed by atoms with Crippen LogP contribution in [0.4, 0.5) is 5.69 Å².